The fraction of sp³-hybridized carbons (Fsp3) is 0.316. The number of nitrogens with zero attached hydrogens (tertiary/aromatic N) is 2. The summed E-state index contributed by atoms with van der Waals surface area (Å²) in [7, 11) is 2.54. The van der Waals surface area contributed by atoms with Crippen LogP contribution in [0.2, 0.25) is 0 Å². The summed E-state index contributed by atoms with van der Waals surface area (Å²) in [5.41, 5.74) is 2.05. The predicted molar refractivity (Wildman–Crippen MR) is 102 cm³/mol. The van der Waals surface area contributed by atoms with Crippen molar-refractivity contribution in [1.29, 1.82) is 0 Å². The lowest BCUT2D eigenvalue weighted by Gasteiger charge is -2.19. The minimum Gasteiger partial charge on any atom is -0.493 e. The Labute approximate surface area is 159 Å². The molecule has 0 bridgehead atoms. The minimum atomic E-state index is -3.51. The maximum absolute atomic E-state index is 13.0. The van der Waals surface area contributed by atoms with Crippen molar-refractivity contribution in [2.45, 2.75) is 11.3 Å². The van der Waals surface area contributed by atoms with E-state index in [0.29, 0.717) is 30.0 Å². The first-order valence-electron chi connectivity index (χ1n) is 8.39. The fourth-order valence-corrected chi connectivity index (χ4v) is 4.04. The van der Waals surface area contributed by atoms with E-state index in [1.54, 1.807) is 35.2 Å². The van der Waals surface area contributed by atoms with Gasteiger partial charge in [0.2, 0.25) is 10.0 Å². The summed E-state index contributed by atoms with van der Waals surface area (Å²) in [5.74, 6) is 0.863. The van der Waals surface area contributed by atoms with E-state index in [1.807, 2.05) is 0 Å². The summed E-state index contributed by atoms with van der Waals surface area (Å²) in [6.45, 7) is 0.494. The van der Waals surface area contributed by atoms with Gasteiger partial charge in [-0.15, -0.1) is 0 Å². The highest BCUT2D eigenvalue weighted by Gasteiger charge is 2.28. The number of methoxy groups -OCH3 is 2. The van der Waals surface area contributed by atoms with Crippen molar-refractivity contribution in [2.24, 2.45) is 0 Å². The summed E-state index contributed by atoms with van der Waals surface area (Å²) in [6.07, 6.45) is 0.602. The zero-order valence-electron chi connectivity index (χ0n) is 15.7. The van der Waals surface area contributed by atoms with Crippen molar-refractivity contribution in [3.63, 3.8) is 0 Å². The lowest BCUT2D eigenvalue weighted by molar-refractivity contribution is 0.0989. The molecule has 0 radical (unpaired) electrons. The standard InChI is InChI=1S/C19H22N2O5S/c1-20(2)27(23,24)15-6-7-16-13(11-15)9-10-21(16)19(22)14-5-8-17(25-3)18(12-14)26-4/h5-8,11-12H,9-10H2,1-4H3. The Morgan fingerprint density at radius 3 is 2.37 bits per heavy atom. The Kier molecular flexibility index (Phi) is 5.12. The van der Waals surface area contributed by atoms with E-state index >= 15 is 0 Å². The van der Waals surface area contributed by atoms with Crippen LogP contribution in [0.25, 0.3) is 0 Å². The summed E-state index contributed by atoms with van der Waals surface area (Å²) >= 11 is 0. The van der Waals surface area contributed by atoms with Crippen molar-refractivity contribution in [2.75, 3.05) is 39.8 Å². The average Bonchev–Trinajstić information content (AvgIpc) is 3.09. The molecule has 1 aliphatic rings. The molecule has 0 aromatic heterocycles. The lowest BCUT2D eigenvalue weighted by Crippen LogP contribution is -2.29. The third-order valence-electron chi connectivity index (χ3n) is 4.60. The summed E-state index contributed by atoms with van der Waals surface area (Å²) in [4.78, 5) is 14.9. The largest absolute Gasteiger partial charge is 0.493 e. The molecule has 0 aliphatic carbocycles. The van der Waals surface area contributed by atoms with Gasteiger partial charge in [0.05, 0.1) is 19.1 Å². The smallest absolute Gasteiger partial charge is 0.258 e. The van der Waals surface area contributed by atoms with Crippen LogP contribution in [0.4, 0.5) is 5.69 Å². The molecule has 1 aliphatic heterocycles. The predicted octanol–water partition coefficient (Wildman–Crippen LogP) is 2.16. The highest BCUT2D eigenvalue weighted by Crippen LogP contribution is 2.33. The van der Waals surface area contributed by atoms with Gasteiger partial charge >= 0.3 is 0 Å². The van der Waals surface area contributed by atoms with E-state index < -0.39 is 10.0 Å². The van der Waals surface area contributed by atoms with E-state index in [2.05, 4.69) is 0 Å². The van der Waals surface area contributed by atoms with Crippen molar-refractivity contribution in [3.05, 3.63) is 47.5 Å². The Bertz CT molecular complexity index is 986. The number of hydrogen-bond acceptors (Lipinski definition) is 5. The molecule has 8 heteroatoms. The number of amides is 1. The summed E-state index contributed by atoms with van der Waals surface area (Å²) < 4.78 is 36.3. The number of rotatable bonds is 5. The molecule has 7 nitrogen and oxygen atoms in total. The van der Waals surface area contributed by atoms with Gasteiger partial charge in [-0.1, -0.05) is 0 Å². The second-order valence-electron chi connectivity index (χ2n) is 6.35. The molecule has 144 valence electrons. The van der Waals surface area contributed by atoms with E-state index in [-0.39, 0.29) is 10.8 Å². The minimum absolute atomic E-state index is 0.169. The second kappa shape index (κ2) is 7.21. The SMILES string of the molecule is COc1ccc(C(=O)N2CCc3cc(S(=O)(=O)N(C)C)ccc32)cc1OC. The van der Waals surface area contributed by atoms with Gasteiger partial charge in [0.1, 0.15) is 0 Å². The number of benzene rings is 2. The molecule has 27 heavy (non-hydrogen) atoms. The van der Waals surface area contributed by atoms with Crippen LogP contribution in [0, 0.1) is 0 Å². The molecule has 0 unspecified atom stereocenters. The molecule has 0 saturated carbocycles. The fourth-order valence-electron chi connectivity index (χ4n) is 3.09. The molecule has 0 N–H and O–H groups in total. The number of sulfonamides is 1. The van der Waals surface area contributed by atoms with Crippen LogP contribution in [0.3, 0.4) is 0 Å². The normalized spacial score (nSPS) is 13.6. The van der Waals surface area contributed by atoms with Gasteiger partial charge < -0.3 is 14.4 Å². The van der Waals surface area contributed by atoms with Gasteiger partial charge in [-0.3, -0.25) is 4.79 Å². The van der Waals surface area contributed by atoms with Crippen molar-refractivity contribution in [3.8, 4) is 11.5 Å². The molecule has 3 rings (SSSR count). The zero-order valence-corrected chi connectivity index (χ0v) is 16.5. The Morgan fingerprint density at radius 1 is 1.04 bits per heavy atom. The van der Waals surface area contributed by atoms with Gasteiger partial charge in [0, 0.05) is 31.9 Å². The number of anilines is 1. The first kappa shape index (κ1) is 19.2. The number of carbonyl (C=O) groups excluding carboxylic acids is 1. The molecular weight excluding hydrogens is 368 g/mol. The van der Waals surface area contributed by atoms with Gasteiger partial charge in [-0.05, 0) is 48.4 Å². The average molecular weight is 390 g/mol. The van der Waals surface area contributed by atoms with Gasteiger partial charge in [-0.25, -0.2) is 12.7 Å². The molecule has 2 aromatic rings. The first-order valence-corrected chi connectivity index (χ1v) is 9.83. The molecule has 1 heterocycles. The molecule has 2 aromatic carbocycles. The van der Waals surface area contributed by atoms with Crippen LogP contribution in [0.5, 0.6) is 11.5 Å². The topological polar surface area (TPSA) is 76.2 Å². The Morgan fingerprint density at radius 2 is 1.74 bits per heavy atom. The van der Waals surface area contributed by atoms with E-state index in [4.69, 9.17) is 9.47 Å². The number of carbonyl (C=O) groups is 1. The molecule has 0 fully saturated rings. The third-order valence-corrected chi connectivity index (χ3v) is 6.41. The van der Waals surface area contributed by atoms with E-state index in [9.17, 15) is 13.2 Å². The maximum atomic E-state index is 13.0. The summed E-state index contributed by atoms with van der Waals surface area (Å²) in [5, 5.41) is 0. The highest BCUT2D eigenvalue weighted by atomic mass is 32.2. The first-order chi connectivity index (χ1) is 12.8. The monoisotopic (exact) mass is 390 g/mol. The number of fused-ring (bicyclic) bond motifs is 1. The quantitative estimate of drug-likeness (QED) is 0.782. The van der Waals surface area contributed by atoms with Crippen LogP contribution in [-0.2, 0) is 16.4 Å². The third kappa shape index (κ3) is 3.38. The molecule has 0 atom stereocenters. The zero-order chi connectivity index (χ0) is 19.8. The number of hydrogen-bond donors (Lipinski definition) is 0. The van der Waals surface area contributed by atoms with Crippen LogP contribution in [0.1, 0.15) is 15.9 Å². The van der Waals surface area contributed by atoms with Crippen LogP contribution < -0.4 is 14.4 Å². The van der Waals surface area contributed by atoms with E-state index in [1.165, 1.54) is 38.7 Å². The van der Waals surface area contributed by atoms with Crippen molar-refractivity contribution >= 4 is 21.6 Å². The van der Waals surface area contributed by atoms with Gasteiger partial charge in [0.15, 0.2) is 11.5 Å². The van der Waals surface area contributed by atoms with Crippen molar-refractivity contribution in [1.82, 2.24) is 4.31 Å². The number of ether oxygens (including phenoxy) is 2. The molecule has 0 saturated heterocycles. The van der Waals surface area contributed by atoms with Gasteiger partial charge in [-0.2, -0.15) is 0 Å². The Hall–Kier alpha value is -2.58. The Balaban J connectivity index is 1.93. The maximum Gasteiger partial charge on any atom is 0.258 e. The molecular formula is C19H22N2O5S. The second-order valence-corrected chi connectivity index (χ2v) is 8.51. The van der Waals surface area contributed by atoms with Crippen molar-refractivity contribution < 1.29 is 22.7 Å². The molecule has 1 amide bonds. The van der Waals surface area contributed by atoms with Gasteiger partial charge in [0.25, 0.3) is 5.91 Å². The van der Waals surface area contributed by atoms with Crippen LogP contribution in [0.15, 0.2) is 41.3 Å². The van der Waals surface area contributed by atoms with Crippen LogP contribution >= 0.6 is 0 Å². The highest BCUT2D eigenvalue weighted by molar-refractivity contribution is 7.89. The van der Waals surface area contributed by atoms with E-state index in [0.717, 1.165) is 11.3 Å². The van der Waals surface area contributed by atoms with Crippen LogP contribution in [-0.4, -0.2) is 53.5 Å². The molecule has 0 spiro atoms. The lowest BCUT2D eigenvalue weighted by atomic mass is 10.1. The summed E-state index contributed by atoms with van der Waals surface area (Å²) in [6, 6.07) is 9.89.